The minimum Gasteiger partial charge on any atom is -0.233 e. The molecule has 1 radical (unpaired) electrons. The van der Waals surface area contributed by atoms with Crippen molar-refractivity contribution >= 4 is 0 Å². The fraction of sp³-hybridized carbons (Fsp3) is 1.00. The first-order valence-electron chi connectivity index (χ1n) is 4.00. The number of rotatable bonds is 1. The summed E-state index contributed by atoms with van der Waals surface area (Å²) in [6.07, 6.45) is 5.43. The molecule has 9 heavy (non-hydrogen) atoms. The lowest BCUT2D eigenvalue weighted by atomic mass is 9.85. The van der Waals surface area contributed by atoms with Crippen LogP contribution in [0.3, 0.4) is 0 Å². The Labute approximate surface area is 57.1 Å². The second-order valence-corrected chi connectivity index (χ2v) is 2.99. The van der Waals surface area contributed by atoms with E-state index in [4.69, 9.17) is 0 Å². The van der Waals surface area contributed by atoms with E-state index in [0.29, 0.717) is 5.92 Å². The molecule has 0 spiro atoms. The van der Waals surface area contributed by atoms with Gasteiger partial charge < -0.3 is 0 Å². The molecule has 0 bridgehead atoms. The Bertz CT molecular complexity index is 80.6. The van der Waals surface area contributed by atoms with Crippen LogP contribution < -0.4 is 0 Å². The van der Waals surface area contributed by atoms with E-state index in [2.05, 4.69) is 6.92 Å². The van der Waals surface area contributed by atoms with E-state index in [1.807, 2.05) is 0 Å². The number of hydrogen-bond acceptors (Lipinski definition) is 0. The van der Waals surface area contributed by atoms with E-state index in [0.717, 1.165) is 12.8 Å². The van der Waals surface area contributed by atoms with E-state index in [9.17, 15) is 5.11 Å². The summed E-state index contributed by atoms with van der Waals surface area (Å²) in [5, 5.41) is 11.1. The average molecular weight is 127 g/mol. The fourth-order valence-corrected chi connectivity index (χ4v) is 1.64. The first kappa shape index (κ1) is 7.07. The second-order valence-electron chi connectivity index (χ2n) is 2.99. The van der Waals surface area contributed by atoms with Gasteiger partial charge in [0.15, 0.2) is 0 Å². The van der Waals surface area contributed by atoms with Crippen molar-refractivity contribution in [3.05, 3.63) is 0 Å². The highest BCUT2D eigenvalue weighted by Gasteiger charge is 2.21. The monoisotopic (exact) mass is 127 g/mol. The van der Waals surface area contributed by atoms with E-state index in [1.54, 1.807) is 0 Å². The molecule has 2 unspecified atom stereocenters. The van der Waals surface area contributed by atoms with E-state index >= 15 is 0 Å². The lowest BCUT2D eigenvalue weighted by molar-refractivity contribution is 0.00690. The molecule has 1 fully saturated rings. The predicted molar refractivity (Wildman–Crippen MR) is 36.7 cm³/mol. The van der Waals surface area contributed by atoms with Crippen molar-refractivity contribution in [1.29, 1.82) is 0 Å². The van der Waals surface area contributed by atoms with Crippen LogP contribution in [0.1, 0.15) is 39.0 Å². The summed E-state index contributed by atoms with van der Waals surface area (Å²) in [4.78, 5) is 0. The smallest absolute Gasteiger partial charge is 0.0958 e. The van der Waals surface area contributed by atoms with Gasteiger partial charge in [0.05, 0.1) is 6.10 Å². The summed E-state index contributed by atoms with van der Waals surface area (Å²) >= 11 is 0. The number of hydrogen-bond donors (Lipinski definition) is 0. The molecule has 53 valence electrons. The minimum atomic E-state index is -0.233. The third kappa shape index (κ3) is 1.68. The van der Waals surface area contributed by atoms with Gasteiger partial charge in [0, 0.05) is 0 Å². The molecule has 2 atom stereocenters. The Hall–Kier alpha value is -0.0400. The lowest BCUT2D eigenvalue weighted by Gasteiger charge is -2.24. The van der Waals surface area contributed by atoms with Gasteiger partial charge in [0.2, 0.25) is 0 Å². The first-order chi connectivity index (χ1) is 4.34. The van der Waals surface area contributed by atoms with Crippen LogP contribution in [0, 0.1) is 5.92 Å². The molecule has 0 aliphatic heterocycles. The lowest BCUT2D eigenvalue weighted by Crippen LogP contribution is -2.22. The van der Waals surface area contributed by atoms with Crippen molar-refractivity contribution in [1.82, 2.24) is 0 Å². The van der Waals surface area contributed by atoms with Gasteiger partial charge in [0.1, 0.15) is 0 Å². The van der Waals surface area contributed by atoms with Gasteiger partial charge in [-0.25, -0.2) is 5.11 Å². The molecule has 1 aliphatic rings. The van der Waals surface area contributed by atoms with Crippen molar-refractivity contribution in [2.24, 2.45) is 5.92 Å². The van der Waals surface area contributed by atoms with Crippen molar-refractivity contribution in [3.63, 3.8) is 0 Å². The van der Waals surface area contributed by atoms with Crippen LogP contribution in [-0.2, 0) is 5.11 Å². The van der Waals surface area contributed by atoms with Crippen LogP contribution in [0.5, 0.6) is 0 Å². The topological polar surface area (TPSA) is 19.9 Å². The molecule has 0 aromatic rings. The van der Waals surface area contributed by atoms with Crippen LogP contribution in [0.2, 0.25) is 0 Å². The van der Waals surface area contributed by atoms with Crippen LogP contribution in [-0.4, -0.2) is 6.10 Å². The van der Waals surface area contributed by atoms with Gasteiger partial charge in [-0.3, -0.25) is 0 Å². The molecule has 1 heteroatoms. The van der Waals surface area contributed by atoms with Gasteiger partial charge in [-0.15, -0.1) is 0 Å². The molecule has 0 N–H and O–H groups in total. The molecule has 0 amide bonds. The highest BCUT2D eigenvalue weighted by Crippen LogP contribution is 2.26. The maximum atomic E-state index is 11.1. The molecule has 1 saturated carbocycles. The predicted octanol–water partition coefficient (Wildman–Crippen LogP) is 2.39. The van der Waals surface area contributed by atoms with Crippen LogP contribution in [0.15, 0.2) is 0 Å². The third-order valence-electron chi connectivity index (χ3n) is 2.36. The highest BCUT2D eigenvalue weighted by molar-refractivity contribution is 4.72. The molecular formula is C8H15O. The third-order valence-corrected chi connectivity index (χ3v) is 2.36. The van der Waals surface area contributed by atoms with Gasteiger partial charge >= 0.3 is 0 Å². The summed E-state index contributed by atoms with van der Waals surface area (Å²) in [6, 6.07) is 0. The molecular weight excluding hydrogens is 112 g/mol. The zero-order chi connectivity index (χ0) is 6.69. The quantitative estimate of drug-likeness (QED) is 0.515. The van der Waals surface area contributed by atoms with Crippen molar-refractivity contribution in [3.8, 4) is 0 Å². The van der Waals surface area contributed by atoms with E-state index < -0.39 is 0 Å². The molecule has 1 rings (SSSR count). The van der Waals surface area contributed by atoms with Crippen LogP contribution in [0.4, 0.5) is 0 Å². The molecule has 0 aromatic heterocycles. The highest BCUT2D eigenvalue weighted by atomic mass is 16.3. The average Bonchev–Trinajstić information content (AvgIpc) is 1.89. The van der Waals surface area contributed by atoms with Gasteiger partial charge in [-0.1, -0.05) is 26.2 Å². The SMILES string of the molecule is CCC1CCCCC1[O]. The molecule has 0 saturated heterocycles. The Morgan fingerprint density at radius 2 is 2.00 bits per heavy atom. The maximum absolute atomic E-state index is 11.1. The molecule has 0 heterocycles. The fourth-order valence-electron chi connectivity index (χ4n) is 1.64. The second kappa shape index (κ2) is 3.21. The standard InChI is InChI=1S/C8H15O/c1-2-7-5-3-4-6-8(7)9/h7-8H,2-6H2,1H3. The molecule has 1 aliphatic carbocycles. The summed E-state index contributed by atoms with van der Waals surface area (Å²) in [7, 11) is 0. The zero-order valence-electron chi connectivity index (χ0n) is 6.10. The van der Waals surface area contributed by atoms with Gasteiger partial charge in [-0.2, -0.15) is 0 Å². The van der Waals surface area contributed by atoms with Crippen LogP contribution in [0.25, 0.3) is 0 Å². The minimum absolute atomic E-state index is 0.233. The van der Waals surface area contributed by atoms with Gasteiger partial charge in [0.25, 0.3) is 0 Å². The zero-order valence-corrected chi connectivity index (χ0v) is 6.10. The molecule has 0 aromatic carbocycles. The Kier molecular flexibility index (Phi) is 2.52. The Balaban J connectivity index is 2.30. The summed E-state index contributed by atoms with van der Waals surface area (Å²) in [6.45, 7) is 2.13. The summed E-state index contributed by atoms with van der Waals surface area (Å²) < 4.78 is 0. The first-order valence-corrected chi connectivity index (χ1v) is 4.00. The maximum Gasteiger partial charge on any atom is 0.0958 e. The van der Waals surface area contributed by atoms with Crippen molar-refractivity contribution in [2.75, 3.05) is 0 Å². The largest absolute Gasteiger partial charge is 0.233 e. The van der Waals surface area contributed by atoms with E-state index in [1.165, 1.54) is 19.3 Å². The summed E-state index contributed by atoms with van der Waals surface area (Å²) in [5.41, 5.74) is 0. The Morgan fingerprint density at radius 3 is 2.44 bits per heavy atom. The van der Waals surface area contributed by atoms with Crippen molar-refractivity contribution in [2.45, 2.75) is 45.1 Å². The van der Waals surface area contributed by atoms with Crippen LogP contribution >= 0.6 is 0 Å². The Morgan fingerprint density at radius 1 is 1.33 bits per heavy atom. The normalized spacial score (nSPS) is 36.7. The van der Waals surface area contributed by atoms with Crippen molar-refractivity contribution < 1.29 is 5.11 Å². The molecule has 1 nitrogen and oxygen atoms in total. The van der Waals surface area contributed by atoms with E-state index in [-0.39, 0.29) is 6.10 Å². The van der Waals surface area contributed by atoms with Gasteiger partial charge in [-0.05, 0) is 18.8 Å². The summed E-state index contributed by atoms with van der Waals surface area (Å²) in [5.74, 6) is 0.499.